The van der Waals surface area contributed by atoms with Crippen molar-refractivity contribution in [3.63, 3.8) is 0 Å². The Bertz CT molecular complexity index is 260. The van der Waals surface area contributed by atoms with Crippen molar-refractivity contribution >= 4 is 44.1 Å². The third kappa shape index (κ3) is 2.07. The number of thiophene rings is 1. The molecule has 0 saturated heterocycles. The molecule has 0 bridgehead atoms. The zero-order valence-electron chi connectivity index (χ0n) is 6.18. The van der Waals surface area contributed by atoms with Crippen LogP contribution in [0.3, 0.4) is 0 Å². The minimum atomic E-state index is 0.142. The first-order valence-corrected chi connectivity index (χ1v) is 5.83. The van der Waals surface area contributed by atoms with Gasteiger partial charge in [0.2, 0.25) is 5.12 Å². The van der Waals surface area contributed by atoms with Crippen molar-refractivity contribution < 1.29 is 4.79 Å². The summed E-state index contributed by atoms with van der Waals surface area (Å²) in [6.07, 6.45) is 1.80. The number of halogens is 1. The Labute approximate surface area is 82.3 Å². The van der Waals surface area contributed by atoms with Crippen LogP contribution in [0, 0.1) is 6.92 Å². The van der Waals surface area contributed by atoms with E-state index >= 15 is 0 Å². The van der Waals surface area contributed by atoms with Gasteiger partial charge in [-0.3, -0.25) is 4.79 Å². The van der Waals surface area contributed by atoms with E-state index in [1.807, 2.05) is 13.0 Å². The molecular formula is C7H7BrOS2. The van der Waals surface area contributed by atoms with E-state index in [0.717, 1.165) is 14.2 Å². The average Bonchev–Trinajstić information content (AvgIpc) is 2.31. The van der Waals surface area contributed by atoms with Crippen LogP contribution in [0.2, 0.25) is 0 Å². The number of rotatable bonds is 1. The van der Waals surface area contributed by atoms with Crippen LogP contribution in [-0.2, 0) is 0 Å². The molecular weight excluding hydrogens is 244 g/mol. The van der Waals surface area contributed by atoms with Gasteiger partial charge in [0, 0.05) is 0 Å². The molecule has 11 heavy (non-hydrogen) atoms. The molecule has 0 fully saturated rings. The predicted octanol–water partition coefficient (Wildman–Crippen LogP) is 3.32. The second-order valence-electron chi connectivity index (χ2n) is 2.06. The summed E-state index contributed by atoms with van der Waals surface area (Å²) in [4.78, 5) is 12.0. The second-order valence-corrected chi connectivity index (χ2v) is 5.21. The monoisotopic (exact) mass is 250 g/mol. The zero-order valence-corrected chi connectivity index (χ0v) is 9.40. The lowest BCUT2D eigenvalue weighted by Gasteiger charge is -1.86. The molecule has 1 aromatic rings. The molecule has 0 aliphatic carbocycles. The Balaban J connectivity index is 2.97. The normalized spacial score (nSPS) is 10.1. The van der Waals surface area contributed by atoms with Crippen molar-refractivity contribution in [2.24, 2.45) is 0 Å². The molecule has 0 atom stereocenters. The van der Waals surface area contributed by atoms with E-state index in [-0.39, 0.29) is 5.12 Å². The fourth-order valence-corrected chi connectivity index (χ4v) is 2.67. The van der Waals surface area contributed by atoms with E-state index in [9.17, 15) is 4.79 Å². The molecule has 0 N–H and O–H groups in total. The van der Waals surface area contributed by atoms with Gasteiger partial charge >= 0.3 is 0 Å². The topological polar surface area (TPSA) is 17.1 Å². The van der Waals surface area contributed by atoms with E-state index in [1.54, 1.807) is 6.26 Å². The first-order chi connectivity index (χ1) is 5.15. The van der Waals surface area contributed by atoms with Crippen molar-refractivity contribution in [3.8, 4) is 0 Å². The van der Waals surface area contributed by atoms with Crippen molar-refractivity contribution in [3.05, 3.63) is 20.3 Å². The quantitative estimate of drug-likeness (QED) is 0.761. The van der Waals surface area contributed by atoms with Gasteiger partial charge in [-0.1, -0.05) is 11.8 Å². The number of aryl methyl sites for hydroxylation is 1. The van der Waals surface area contributed by atoms with Crippen LogP contribution >= 0.6 is 39.0 Å². The smallest absolute Gasteiger partial charge is 0.229 e. The molecule has 0 amide bonds. The van der Waals surface area contributed by atoms with Crippen LogP contribution in [0.15, 0.2) is 9.85 Å². The summed E-state index contributed by atoms with van der Waals surface area (Å²) in [7, 11) is 0. The van der Waals surface area contributed by atoms with E-state index in [0.29, 0.717) is 0 Å². The van der Waals surface area contributed by atoms with Gasteiger partial charge in [0.25, 0.3) is 0 Å². The fourth-order valence-electron chi connectivity index (χ4n) is 0.661. The Morgan fingerprint density at radius 1 is 1.73 bits per heavy atom. The number of carbonyl (C=O) groups is 1. The summed E-state index contributed by atoms with van der Waals surface area (Å²) in [6.45, 7) is 1.98. The van der Waals surface area contributed by atoms with Crippen LogP contribution in [0.4, 0.5) is 0 Å². The molecule has 0 saturated carbocycles. The molecule has 1 heterocycles. The summed E-state index contributed by atoms with van der Waals surface area (Å²) in [5.41, 5.74) is 1.13. The lowest BCUT2D eigenvalue weighted by molar-refractivity contribution is 0.109. The zero-order chi connectivity index (χ0) is 8.43. The summed E-state index contributed by atoms with van der Waals surface area (Å²) >= 11 is 6.11. The molecule has 0 radical (unpaired) electrons. The largest absolute Gasteiger partial charge is 0.281 e. The highest BCUT2D eigenvalue weighted by Gasteiger charge is 2.08. The van der Waals surface area contributed by atoms with Gasteiger partial charge in [-0.05, 0) is 40.7 Å². The maximum Gasteiger partial charge on any atom is 0.229 e. The first kappa shape index (κ1) is 9.29. The molecule has 60 valence electrons. The second kappa shape index (κ2) is 3.74. The summed E-state index contributed by atoms with van der Waals surface area (Å²) in [5.74, 6) is 0. The van der Waals surface area contributed by atoms with Crippen LogP contribution in [-0.4, -0.2) is 11.4 Å². The highest BCUT2D eigenvalue weighted by molar-refractivity contribution is 9.11. The third-order valence-electron chi connectivity index (χ3n) is 1.24. The van der Waals surface area contributed by atoms with Gasteiger partial charge in [0.1, 0.15) is 0 Å². The Kier molecular flexibility index (Phi) is 3.16. The lowest BCUT2D eigenvalue weighted by atomic mass is 10.3. The first-order valence-electron chi connectivity index (χ1n) is 2.99. The van der Waals surface area contributed by atoms with Crippen molar-refractivity contribution in [2.45, 2.75) is 6.92 Å². The van der Waals surface area contributed by atoms with Gasteiger partial charge < -0.3 is 0 Å². The SMILES string of the molecule is CSC(=O)c1cc(C)c(Br)s1. The van der Waals surface area contributed by atoms with Crippen LogP contribution in [0.1, 0.15) is 15.2 Å². The van der Waals surface area contributed by atoms with Crippen molar-refractivity contribution in [2.75, 3.05) is 6.26 Å². The van der Waals surface area contributed by atoms with Gasteiger partial charge in [-0.15, -0.1) is 11.3 Å². The Hall–Kier alpha value is 0.200. The summed E-state index contributed by atoms with van der Waals surface area (Å²) in [5, 5.41) is 0.142. The molecule has 0 spiro atoms. The molecule has 1 nitrogen and oxygen atoms in total. The third-order valence-corrected chi connectivity index (χ3v) is 4.10. The van der Waals surface area contributed by atoms with E-state index in [2.05, 4.69) is 15.9 Å². The summed E-state index contributed by atoms with van der Waals surface area (Å²) in [6, 6.07) is 1.91. The molecule has 0 unspecified atom stereocenters. The standard InChI is InChI=1S/C7H7BrOS2/c1-4-3-5(7(9)10-2)11-6(4)8/h3H,1-2H3. The van der Waals surface area contributed by atoms with Crippen LogP contribution in [0.5, 0.6) is 0 Å². The number of thioether (sulfide) groups is 1. The molecule has 1 aromatic heterocycles. The number of carbonyl (C=O) groups excluding carboxylic acids is 1. The average molecular weight is 251 g/mol. The number of hydrogen-bond acceptors (Lipinski definition) is 3. The molecule has 0 aliphatic rings. The van der Waals surface area contributed by atoms with Gasteiger partial charge in [0.15, 0.2) is 0 Å². The Morgan fingerprint density at radius 2 is 2.36 bits per heavy atom. The fraction of sp³-hybridized carbons (Fsp3) is 0.286. The summed E-state index contributed by atoms with van der Waals surface area (Å²) < 4.78 is 1.05. The molecule has 4 heteroatoms. The highest BCUT2D eigenvalue weighted by atomic mass is 79.9. The van der Waals surface area contributed by atoms with Crippen LogP contribution < -0.4 is 0 Å². The maximum atomic E-state index is 11.1. The lowest BCUT2D eigenvalue weighted by Crippen LogP contribution is -1.84. The highest BCUT2D eigenvalue weighted by Crippen LogP contribution is 2.29. The predicted molar refractivity (Wildman–Crippen MR) is 54.6 cm³/mol. The molecule has 0 aliphatic heterocycles. The van der Waals surface area contributed by atoms with Gasteiger partial charge in [-0.2, -0.15) is 0 Å². The maximum absolute atomic E-state index is 11.1. The number of hydrogen-bond donors (Lipinski definition) is 0. The van der Waals surface area contributed by atoms with Gasteiger partial charge in [-0.25, -0.2) is 0 Å². The van der Waals surface area contributed by atoms with E-state index in [4.69, 9.17) is 0 Å². The molecule has 0 aromatic carbocycles. The van der Waals surface area contributed by atoms with Crippen LogP contribution in [0.25, 0.3) is 0 Å². The van der Waals surface area contributed by atoms with Crippen molar-refractivity contribution in [1.82, 2.24) is 0 Å². The van der Waals surface area contributed by atoms with E-state index < -0.39 is 0 Å². The molecule has 1 rings (SSSR count). The van der Waals surface area contributed by atoms with Gasteiger partial charge in [0.05, 0.1) is 8.66 Å². The Morgan fingerprint density at radius 3 is 2.73 bits per heavy atom. The minimum absolute atomic E-state index is 0.142. The van der Waals surface area contributed by atoms with Crippen molar-refractivity contribution in [1.29, 1.82) is 0 Å². The minimum Gasteiger partial charge on any atom is -0.281 e. The van der Waals surface area contributed by atoms with E-state index in [1.165, 1.54) is 23.1 Å².